The summed E-state index contributed by atoms with van der Waals surface area (Å²) in [5.74, 6) is 0.997. The quantitative estimate of drug-likeness (QED) is 0.815. The second-order valence-corrected chi connectivity index (χ2v) is 8.86. The molecule has 0 aliphatic carbocycles. The summed E-state index contributed by atoms with van der Waals surface area (Å²) in [5.41, 5.74) is 1.37. The summed E-state index contributed by atoms with van der Waals surface area (Å²) in [5, 5.41) is 12.6. The molecule has 2 aromatic heterocycles. The number of aromatic nitrogens is 2. The highest BCUT2D eigenvalue weighted by Crippen LogP contribution is 2.41. The van der Waals surface area contributed by atoms with Crippen molar-refractivity contribution in [3.8, 4) is 0 Å². The van der Waals surface area contributed by atoms with Crippen molar-refractivity contribution in [1.82, 2.24) is 14.9 Å². The number of aliphatic hydroxyl groups excluding tert-OH is 1. The third kappa shape index (κ3) is 4.20. The van der Waals surface area contributed by atoms with Crippen LogP contribution in [0.25, 0.3) is 0 Å². The zero-order valence-electron chi connectivity index (χ0n) is 15.7. The summed E-state index contributed by atoms with van der Waals surface area (Å²) in [7, 11) is 0. The maximum atomic E-state index is 11.5. The Bertz CT molecular complexity index is 786. The Labute approximate surface area is 163 Å². The van der Waals surface area contributed by atoms with Gasteiger partial charge in [0.1, 0.15) is 5.82 Å². The minimum atomic E-state index is -0.317. The summed E-state index contributed by atoms with van der Waals surface area (Å²) in [6.07, 6.45) is 7.87. The van der Waals surface area contributed by atoms with Gasteiger partial charge >= 0.3 is 0 Å². The lowest BCUT2D eigenvalue weighted by Crippen LogP contribution is -2.54. The van der Waals surface area contributed by atoms with Gasteiger partial charge in [-0.05, 0) is 61.7 Å². The van der Waals surface area contributed by atoms with E-state index in [-0.39, 0.29) is 17.3 Å². The summed E-state index contributed by atoms with van der Waals surface area (Å²) >= 11 is 1.54. The van der Waals surface area contributed by atoms with E-state index < -0.39 is 0 Å². The molecule has 1 atom stereocenters. The average molecular weight is 387 g/mol. The number of rotatable bonds is 4. The molecule has 2 aliphatic rings. The number of nitrogens with zero attached hydrogens (tertiary/aromatic N) is 4. The maximum absolute atomic E-state index is 11.5. The van der Waals surface area contributed by atoms with E-state index in [1.807, 2.05) is 6.07 Å². The van der Waals surface area contributed by atoms with E-state index in [2.05, 4.69) is 25.1 Å². The number of carbonyl (C=O) groups excluding carboxylic acids is 1. The van der Waals surface area contributed by atoms with Crippen LogP contribution in [-0.2, 0) is 6.54 Å². The fourth-order valence-electron chi connectivity index (χ4n) is 4.43. The standard InChI is InChI=1S/C20H26N4O2S/c1-15(25)18-8-16(13-27-18)11-23-6-2-20(3-7-23)9-17(26)12-24(14-20)19-10-21-4-5-22-19/h4-5,8,10,13,17,26H,2-3,6-7,9,11-12,14H2,1H3. The second-order valence-electron chi connectivity index (χ2n) is 7.95. The van der Waals surface area contributed by atoms with E-state index in [0.717, 1.165) is 56.1 Å². The monoisotopic (exact) mass is 386 g/mol. The number of likely N-dealkylation sites (tertiary alicyclic amines) is 1. The van der Waals surface area contributed by atoms with E-state index in [9.17, 15) is 9.90 Å². The molecule has 6 nitrogen and oxygen atoms in total. The van der Waals surface area contributed by atoms with E-state index in [4.69, 9.17) is 0 Å². The van der Waals surface area contributed by atoms with E-state index in [1.165, 1.54) is 16.9 Å². The van der Waals surface area contributed by atoms with E-state index in [0.29, 0.717) is 6.54 Å². The Kier molecular flexibility index (Phi) is 5.25. The van der Waals surface area contributed by atoms with Crippen LogP contribution in [0.1, 0.15) is 41.4 Å². The van der Waals surface area contributed by atoms with E-state index >= 15 is 0 Å². The summed E-state index contributed by atoms with van der Waals surface area (Å²) in [4.78, 5) is 25.6. The zero-order valence-corrected chi connectivity index (χ0v) is 16.5. The Morgan fingerprint density at radius 3 is 2.85 bits per heavy atom. The number of ketones is 1. The molecule has 0 amide bonds. The fourth-order valence-corrected chi connectivity index (χ4v) is 5.24. The summed E-state index contributed by atoms with van der Waals surface area (Å²) in [6.45, 7) is 6.13. The first-order chi connectivity index (χ1) is 13.0. The molecule has 0 saturated carbocycles. The average Bonchev–Trinajstić information content (AvgIpc) is 3.13. The molecule has 2 saturated heterocycles. The minimum absolute atomic E-state index is 0.143. The normalized spacial score (nSPS) is 22.9. The molecule has 4 heterocycles. The number of Topliss-reactive ketones (excluding diaryl/α,β-unsaturated/α-hetero) is 1. The number of piperidine rings is 2. The molecule has 4 rings (SSSR count). The number of carbonyl (C=O) groups is 1. The van der Waals surface area contributed by atoms with Crippen molar-refractivity contribution < 1.29 is 9.90 Å². The van der Waals surface area contributed by atoms with Gasteiger partial charge in [-0.25, -0.2) is 4.98 Å². The van der Waals surface area contributed by atoms with Crippen molar-refractivity contribution in [2.75, 3.05) is 31.1 Å². The summed E-state index contributed by atoms with van der Waals surface area (Å²) < 4.78 is 0. The zero-order chi connectivity index (χ0) is 18.9. The van der Waals surface area contributed by atoms with Gasteiger partial charge < -0.3 is 10.0 Å². The lowest BCUT2D eigenvalue weighted by atomic mass is 9.71. The van der Waals surface area contributed by atoms with Crippen molar-refractivity contribution in [2.45, 2.75) is 38.8 Å². The van der Waals surface area contributed by atoms with Gasteiger partial charge in [0.05, 0.1) is 17.2 Å². The predicted molar refractivity (Wildman–Crippen MR) is 106 cm³/mol. The smallest absolute Gasteiger partial charge is 0.169 e. The van der Waals surface area contributed by atoms with Crippen molar-refractivity contribution in [3.63, 3.8) is 0 Å². The molecule has 2 aliphatic heterocycles. The fraction of sp³-hybridized carbons (Fsp3) is 0.550. The third-order valence-electron chi connectivity index (χ3n) is 5.82. The van der Waals surface area contributed by atoms with Crippen molar-refractivity contribution in [2.24, 2.45) is 5.41 Å². The highest BCUT2D eigenvalue weighted by atomic mass is 32.1. The van der Waals surface area contributed by atoms with Gasteiger partial charge in [-0.2, -0.15) is 0 Å². The Balaban J connectivity index is 1.38. The number of thiophene rings is 1. The number of β-amino-alcohol motifs (C(OH)–C–C–N with tert-alkyl or cyclic N) is 1. The number of aliphatic hydroxyl groups is 1. The Hall–Kier alpha value is -1.83. The van der Waals surface area contributed by atoms with Crippen molar-refractivity contribution >= 4 is 22.9 Å². The molecule has 2 aromatic rings. The first kappa shape index (κ1) is 18.5. The largest absolute Gasteiger partial charge is 0.391 e. The Morgan fingerprint density at radius 1 is 1.37 bits per heavy atom. The van der Waals surface area contributed by atoms with Gasteiger partial charge in [-0.1, -0.05) is 0 Å². The number of anilines is 1. The molecule has 0 bridgehead atoms. The third-order valence-corrected chi connectivity index (χ3v) is 6.90. The van der Waals surface area contributed by atoms with Gasteiger partial charge in [0.15, 0.2) is 5.78 Å². The molecule has 1 N–H and O–H groups in total. The maximum Gasteiger partial charge on any atom is 0.169 e. The van der Waals surface area contributed by atoms with Crippen LogP contribution in [0.3, 0.4) is 0 Å². The lowest BCUT2D eigenvalue weighted by molar-refractivity contribution is 0.0244. The van der Waals surface area contributed by atoms with Crippen molar-refractivity contribution in [1.29, 1.82) is 0 Å². The first-order valence-corrected chi connectivity index (χ1v) is 10.4. The van der Waals surface area contributed by atoms with Gasteiger partial charge in [-0.3, -0.25) is 14.7 Å². The van der Waals surface area contributed by atoms with Crippen LogP contribution >= 0.6 is 11.3 Å². The Morgan fingerprint density at radius 2 is 2.19 bits per heavy atom. The van der Waals surface area contributed by atoms with Gasteiger partial charge in [0.25, 0.3) is 0 Å². The van der Waals surface area contributed by atoms with Crippen LogP contribution in [0.4, 0.5) is 5.82 Å². The van der Waals surface area contributed by atoms with Crippen LogP contribution in [-0.4, -0.2) is 58.0 Å². The molecule has 144 valence electrons. The highest BCUT2D eigenvalue weighted by Gasteiger charge is 2.41. The molecular weight excluding hydrogens is 360 g/mol. The van der Waals surface area contributed by atoms with Crippen LogP contribution in [0.5, 0.6) is 0 Å². The molecule has 0 radical (unpaired) electrons. The predicted octanol–water partition coefficient (Wildman–Crippen LogP) is 2.59. The molecular formula is C20H26N4O2S. The molecule has 7 heteroatoms. The topological polar surface area (TPSA) is 69.6 Å². The molecule has 0 aromatic carbocycles. The lowest BCUT2D eigenvalue weighted by Gasteiger charge is -2.49. The second kappa shape index (κ2) is 7.66. The van der Waals surface area contributed by atoms with Gasteiger partial charge in [0.2, 0.25) is 0 Å². The molecule has 2 fully saturated rings. The molecule has 27 heavy (non-hydrogen) atoms. The van der Waals surface area contributed by atoms with Crippen LogP contribution in [0.2, 0.25) is 0 Å². The van der Waals surface area contributed by atoms with Gasteiger partial charge in [-0.15, -0.1) is 11.3 Å². The van der Waals surface area contributed by atoms with Gasteiger partial charge in [0, 0.05) is 32.0 Å². The first-order valence-electron chi connectivity index (χ1n) is 9.53. The minimum Gasteiger partial charge on any atom is -0.391 e. The highest BCUT2D eigenvalue weighted by molar-refractivity contribution is 7.12. The van der Waals surface area contributed by atoms with Crippen LogP contribution in [0.15, 0.2) is 30.0 Å². The SMILES string of the molecule is CC(=O)c1cc(CN2CCC3(CC2)CC(O)CN(c2cnccn2)C3)cs1. The molecule has 1 spiro atoms. The van der Waals surface area contributed by atoms with Crippen LogP contribution in [0, 0.1) is 5.41 Å². The van der Waals surface area contributed by atoms with Crippen LogP contribution < -0.4 is 4.90 Å². The summed E-state index contributed by atoms with van der Waals surface area (Å²) in [6, 6.07) is 2.03. The number of hydrogen-bond donors (Lipinski definition) is 1. The van der Waals surface area contributed by atoms with Crippen molar-refractivity contribution in [3.05, 3.63) is 40.5 Å². The number of hydrogen-bond acceptors (Lipinski definition) is 7. The van der Waals surface area contributed by atoms with E-state index in [1.54, 1.807) is 25.5 Å². The molecule has 1 unspecified atom stereocenters.